The van der Waals surface area contributed by atoms with Crippen LogP contribution in [0.3, 0.4) is 0 Å². The van der Waals surface area contributed by atoms with Gasteiger partial charge in [-0.15, -0.1) is 0 Å². The van der Waals surface area contributed by atoms with Gasteiger partial charge < -0.3 is 4.84 Å². The lowest BCUT2D eigenvalue weighted by Crippen LogP contribution is -2.33. The monoisotopic (exact) mass is 392 g/mol. The predicted octanol–water partition coefficient (Wildman–Crippen LogP) is 3.94. The van der Waals surface area contributed by atoms with Crippen LogP contribution >= 0.6 is 0 Å². The Morgan fingerprint density at radius 3 is 2.14 bits per heavy atom. The van der Waals surface area contributed by atoms with E-state index in [4.69, 9.17) is 9.68 Å². The van der Waals surface area contributed by atoms with Crippen LogP contribution < -0.4 is 0 Å². The number of non-ortho nitro benzene ring substituents is 1. The SMILES string of the molecule is O=C(ON(OCc1ccccc1)C(=O)c1ccccc1)c1cccc([N+](=O)[O-])c1. The maximum absolute atomic E-state index is 12.7. The van der Waals surface area contributed by atoms with Gasteiger partial charge in [-0.25, -0.2) is 9.63 Å². The molecule has 0 aliphatic heterocycles. The Bertz CT molecular complexity index is 1010. The van der Waals surface area contributed by atoms with Crippen LogP contribution in [0.1, 0.15) is 26.3 Å². The summed E-state index contributed by atoms with van der Waals surface area (Å²) in [6, 6.07) is 22.1. The highest BCUT2D eigenvalue weighted by atomic mass is 17.0. The molecule has 3 rings (SSSR count). The molecule has 0 aliphatic rings. The van der Waals surface area contributed by atoms with E-state index in [1.165, 1.54) is 18.2 Å². The zero-order valence-corrected chi connectivity index (χ0v) is 15.1. The van der Waals surface area contributed by atoms with Gasteiger partial charge in [0.05, 0.1) is 10.5 Å². The largest absolute Gasteiger partial charge is 0.366 e. The number of nitrogens with zero attached hydrogens (tertiary/aromatic N) is 2. The van der Waals surface area contributed by atoms with Gasteiger partial charge in [-0.05, 0) is 29.0 Å². The number of rotatable bonds is 6. The molecule has 0 saturated heterocycles. The zero-order chi connectivity index (χ0) is 20.6. The first-order valence-corrected chi connectivity index (χ1v) is 8.57. The van der Waals surface area contributed by atoms with Crippen LogP contribution in [-0.2, 0) is 16.3 Å². The molecular weight excluding hydrogens is 376 g/mol. The minimum atomic E-state index is -0.967. The standard InChI is InChI=1S/C21H16N2O6/c24-20(17-10-5-2-6-11-17)23(28-15-16-8-3-1-4-9-16)29-21(25)18-12-7-13-19(14-18)22(26)27/h1-14H,15H2. The lowest BCUT2D eigenvalue weighted by molar-refractivity contribution is -0.384. The summed E-state index contributed by atoms with van der Waals surface area (Å²) in [6.07, 6.45) is 0. The fraction of sp³-hybridized carbons (Fsp3) is 0.0476. The van der Waals surface area contributed by atoms with Crippen LogP contribution in [0.25, 0.3) is 0 Å². The molecule has 0 aliphatic carbocycles. The van der Waals surface area contributed by atoms with Crippen molar-refractivity contribution in [1.29, 1.82) is 0 Å². The predicted molar refractivity (Wildman–Crippen MR) is 102 cm³/mol. The van der Waals surface area contributed by atoms with E-state index < -0.39 is 16.8 Å². The molecule has 0 heterocycles. The lowest BCUT2D eigenvalue weighted by atomic mass is 10.2. The quantitative estimate of drug-likeness (QED) is 0.465. The van der Waals surface area contributed by atoms with Crippen molar-refractivity contribution >= 4 is 17.6 Å². The van der Waals surface area contributed by atoms with Crippen molar-refractivity contribution in [1.82, 2.24) is 5.23 Å². The van der Waals surface area contributed by atoms with Crippen LogP contribution in [0.5, 0.6) is 0 Å². The summed E-state index contributed by atoms with van der Waals surface area (Å²) in [4.78, 5) is 46.0. The van der Waals surface area contributed by atoms with Crippen LogP contribution in [0.15, 0.2) is 84.9 Å². The number of carbonyl (C=O) groups is 2. The van der Waals surface area contributed by atoms with E-state index in [0.717, 1.165) is 11.6 Å². The first kappa shape index (κ1) is 19.7. The zero-order valence-electron chi connectivity index (χ0n) is 15.1. The highest BCUT2D eigenvalue weighted by Crippen LogP contribution is 2.16. The molecule has 0 fully saturated rings. The molecule has 8 nitrogen and oxygen atoms in total. The Balaban J connectivity index is 1.80. The van der Waals surface area contributed by atoms with Crippen LogP contribution in [0.4, 0.5) is 5.69 Å². The van der Waals surface area contributed by atoms with E-state index >= 15 is 0 Å². The number of nitro groups is 1. The molecule has 146 valence electrons. The minimum Gasteiger partial charge on any atom is -0.306 e. The summed E-state index contributed by atoms with van der Waals surface area (Å²) in [5, 5.41) is 11.4. The average molecular weight is 392 g/mol. The van der Waals surface area contributed by atoms with Gasteiger partial charge in [0.15, 0.2) is 0 Å². The van der Waals surface area contributed by atoms with Gasteiger partial charge in [0, 0.05) is 17.7 Å². The Hall–Kier alpha value is -4.04. The molecule has 1 amide bonds. The summed E-state index contributed by atoms with van der Waals surface area (Å²) in [6.45, 7) is -0.0262. The molecular formula is C21H16N2O6. The molecule has 0 aromatic heterocycles. The Kier molecular flexibility index (Phi) is 6.29. The topological polar surface area (TPSA) is 99.0 Å². The van der Waals surface area contributed by atoms with Gasteiger partial charge in [0.2, 0.25) is 0 Å². The first-order chi connectivity index (χ1) is 14.0. The van der Waals surface area contributed by atoms with E-state index in [1.807, 2.05) is 6.07 Å². The number of hydrogen-bond acceptors (Lipinski definition) is 6. The summed E-state index contributed by atoms with van der Waals surface area (Å²) < 4.78 is 0. The number of carbonyl (C=O) groups excluding carboxylic acids is 2. The van der Waals surface area contributed by atoms with Gasteiger partial charge in [-0.3, -0.25) is 14.9 Å². The van der Waals surface area contributed by atoms with E-state index in [0.29, 0.717) is 5.23 Å². The van der Waals surface area contributed by atoms with Crippen molar-refractivity contribution in [3.8, 4) is 0 Å². The van der Waals surface area contributed by atoms with Crippen molar-refractivity contribution < 1.29 is 24.2 Å². The van der Waals surface area contributed by atoms with Crippen LogP contribution in [-0.4, -0.2) is 22.0 Å². The van der Waals surface area contributed by atoms with E-state index in [-0.39, 0.29) is 23.4 Å². The van der Waals surface area contributed by atoms with Crippen LogP contribution in [0.2, 0.25) is 0 Å². The number of nitro benzene ring substituents is 1. The number of hydrogen-bond donors (Lipinski definition) is 0. The third kappa shape index (κ3) is 5.24. The fourth-order valence-corrected chi connectivity index (χ4v) is 2.39. The molecule has 8 heteroatoms. The Morgan fingerprint density at radius 2 is 1.48 bits per heavy atom. The number of amides is 1. The second kappa shape index (κ2) is 9.25. The summed E-state index contributed by atoms with van der Waals surface area (Å²) >= 11 is 0. The fourth-order valence-electron chi connectivity index (χ4n) is 2.39. The third-order valence-electron chi connectivity index (χ3n) is 3.84. The normalized spacial score (nSPS) is 10.2. The molecule has 0 bridgehead atoms. The van der Waals surface area contributed by atoms with Crippen LogP contribution in [0, 0.1) is 10.1 Å². The second-order valence-corrected chi connectivity index (χ2v) is 5.87. The molecule has 3 aromatic carbocycles. The molecule has 0 spiro atoms. The first-order valence-electron chi connectivity index (χ1n) is 8.57. The van der Waals surface area contributed by atoms with E-state index in [9.17, 15) is 19.7 Å². The minimum absolute atomic E-state index is 0.0262. The Morgan fingerprint density at radius 1 is 0.862 bits per heavy atom. The molecule has 0 radical (unpaired) electrons. The summed E-state index contributed by atoms with van der Waals surface area (Å²) in [5.74, 6) is -1.66. The van der Waals surface area contributed by atoms with Gasteiger partial charge in [-0.2, -0.15) is 0 Å². The van der Waals surface area contributed by atoms with Crippen molar-refractivity contribution in [3.05, 3.63) is 112 Å². The van der Waals surface area contributed by atoms with E-state index in [1.54, 1.807) is 54.6 Å². The van der Waals surface area contributed by atoms with Gasteiger partial charge in [0.25, 0.3) is 5.69 Å². The maximum atomic E-state index is 12.7. The van der Waals surface area contributed by atoms with E-state index in [2.05, 4.69) is 0 Å². The molecule has 0 saturated carbocycles. The number of hydroxylamine groups is 2. The Labute approximate surface area is 166 Å². The summed E-state index contributed by atoms with van der Waals surface area (Å²) in [7, 11) is 0. The number of benzene rings is 3. The van der Waals surface area contributed by atoms with Gasteiger partial charge in [-0.1, -0.05) is 54.6 Å². The second-order valence-electron chi connectivity index (χ2n) is 5.87. The molecule has 3 aromatic rings. The van der Waals surface area contributed by atoms with Crippen molar-refractivity contribution in [2.45, 2.75) is 6.61 Å². The average Bonchev–Trinajstić information content (AvgIpc) is 2.77. The van der Waals surface area contributed by atoms with Crippen molar-refractivity contribution in [2.75, 3.05) is 0 Å². The highest BCUT2D eigenvalue weighted by Gasteiger charge is 2.24. The molecule has 0 atom stereocenters. The molecule has 29 heavy (non-hydrogen) atoms. The van der Waals surface area contributed by atoms with Crippen molar-refractivity contribution in [3.63, 3.8) is 0 Å². The highest BCUT2D eigenvalue weighted by molar-refractivity contribution is 5.95. The smallest absolute Gasteiger partial charge is 0.306 e. The summed E-state index contributed by atoms with van der Waals surface area (Å²) in [5.41, 5.74) is 0.635. The van der Waals surface area contributed by atoms with Gasteiger partial charge >= 0.3 is 11.9 Å². The maximum Gasteiger partial charge on any atom is 0.366 e. The van der Waals surface area contributed by atoms with Gasteiger partial charge in [0.1, 0.15) is 6.61 Å². The molecule has 0 N–H and O–H groups in total. The molecule has 0 unspecified atom stereocenters. The van der Waals surface area contributed by atoms with Crippen molar-refractivity contribution in [2.24, 2.45) is 0 Å². The lowest BCUT2D eigenvalue weighted by Gasteiger charge is -2.20. The third-order valence-corrected chi connectivity index (χ3v) is 3.84.